The number of primary amides is 1. The molecule has 3 atom stereocenters. The van der Waals surface area contributed by atoms with Gasteiger partial charge in [0.15, 0.2) is 0 Å². The molecule has 5 nitrogen and oxygen atoms in total. The van der Waals surface area contributed by atoms with Gasteiger partial charge in [0, 0.05) is 25.2 Å². The van der Waals surface area contributed by atoms with E-state index in [9.17, 15) is 4.79 Å². The normalized spacial score (nSPS) is 30.6. The number of likely N-dealkylation sites (N-methyl/N-ethyl adjacent to an activating group) is 1. The number of nitrogens with two attached hydrogens (primary N) is 1. The Hall–Kier alpha value is -0.650. The lowest BCUT2D eigenvalue weighted by Gasteiger charge is -2.47. The van der Waals surface area contributed by atoms with E-state index in [4.69, 9.17) is 5.73 Å². The van der Waals surface area contributed by atoms with Gasteiger partial charge in [-0.25, -0.2) is 0 Å². The third-order valence-electron chi connectivity index (χ3n) is 5.53. The van der Waals surface area contributed by atoms with Gasteiger partial charge in [0.25, 0.3) is 0 Å². The van der Waals surface area contributed by atoms with Crippen LogP contribution in [0.2, 0.25) is 0 Å². The maximum absolute atomic E-state index is 11.5. The molecule has 2 aliphatic rings. The van der Waals surface area contributed by atoms with Gasteiger partial charge < -0.3 is 11.1 Å². The van der Waals surface area contributed by atoms with Crippen LogP contribution < -0.4 is 11.1 Å². The maximum Gasteiger partial charge on any atom is 0.237 e. The first-order valence-corrected chi connectivity index (χ1v) is 8.43. The molecule has 2 saturated heterocycles. The van der Waals surface area contributed by atoms with Gasteiger partial charge >= 0.3 is 0 Å². The van der Waals surface area contributed by atoms with Gasteiger partial charge in [-0.15, -0.1) is 0 Å². The standard InChI is InChI=1S/C16H32N4O/c1-13-11-20-9-5-4-7-14(20)12-19(13)10-6-8-16(2,18-3)15(17)21/h13-14,18H,4-12H2,1-3H3,(H2,17,21). The lowest BCUT2D eigenvalue weighted by Crippen LogP contribution is -2.59. The molecule has 0 aromatic carbocycles. The predicted molar refractivity (Wildman–Crippen MR) is 86.1 cm³/mol. The summed E-state index contributed by atoms with van der Waals surface area (Å²) in [5, 5.41) is 3.07. The zero-order chi connectivity index (χ0) is 15.5. The van der Waals surface area contributed by atoms with Crippen molar-refractivity contribution in [2.75, 3.05) is 33.2 Å². The molecule has 2 heterocycles. The molecular weight excluding hydrogens is 264 g/mol. The van der Waals surface area contributed by atoms with Crippen molar-refractivity contribution in [2.45, 2.75) is 63.6 Å². The summed E-state index contributed by atoms with van der Waals surface area (Å²) in [4.78, 5) is 16.8. The molecule has 3 N–H and O–H groups in total. The molecule has 0 saturated carbocycles. The number of piperidine rings is 1. The van der Waals surface area contributed by atoms with Gasteiger partial charge in [0.2, 0.25) is 5.91 Å². The van der Waals surface area contributed by atoms with Crippen molar-refractivity contribution in [1.29, 1.82) is 0 Å². The van der Waals surface area contributed by atoms with Crippen LogP contribution in [0.3, 0.4) is 0 Å². The third-order valence-corrected chi connectivity index (χ3v) is 5.53. The number of carbonyl (C=O) groups is 1. The molecular formula is C16H32N4O. The van der Waals surface area contributed by atoms with Crippen molar-refractivity contribution in [3.8, 4) is 0 Å². The first kappa shape index (κ1) is 16.7. The fourth-order valence-electron chi connectivity index (χ4n) is 3.73. The highest BCUT2D eigenvalue weighted by Crippen LogP contribution is 2.24. The Kier molecular flexibility index (Phi) is 5.63. The lowest BCUT2D eigenvalue weighted by atomic mass is 9.93. The number of piperazine rings is 1. The summed E-state index contributed by atoms with van der Waals surface area (Å²) in [6.07, 6.45) is 5.90. The Morgan fingerprint density at radius 1 is 1.38 bits per heavy atom. The van der Waals surface area contributed by atoms with Crippen molar-refractivity contribution in [1.82, 2.24) is 15.1 Å². The minimum atomic E-state index is -0.574. The van der Waals surface area contributed by atoms with E-state index >= 15 is 0 Å². The van der Waals surface area contributed by atoms with E-state index in [1.54, 1.807) is 0 Å². The number of hydrogen-bond acceptors (Lipinski definition) is 4. The Morgan fingerprint density at radius 3 is 2.81 bits per heavy atom. The number of nitrogens with zero attached hydrogens (tertiary/aromatic N) is 2. The van der Waals surface area contributed by atoms with Crippen molar-refractivity contribution in [3.63, 3.8) is 0 Å². The van der Waals surface area contributed by atoms with Crippen LogP contribution in [0.5, 0.6) is 0 Å². The highest BCUT2D eigenvalue weighted by molar-refractivity contribution is 5.84. The molecule has 0 aromatic heterocycles. The minimum absolute atomic E-state index is 0.254. The summed E-state index contributed by atoms with van der Waals surface area (Å²) >= 11 is 0. The molecule has 2 rings (SSSR count). The van der Waals surface area contributed by atoms with Gasteiger partial charge in [0.1, 0.15) is 0 Å². The zero-order valence-electron chi connectivity index (χ0n) is 13.9. The van der Waals surface area contributed by atoms with Crippen molar-refractivity contribution in [3.05, 3.63) is 0 Å². The van der Waals surface area contributed by atoms with Crippen LogP contribution in [0, 0.1) is 0 Å². The van der Waals surface area contributed by atoms with Crippen molar-refractivity contribution in [2.24, 2.45) is 5.73 Å². The highest BCUT2D eigenvalue weighted by Gasteiger charge is 2.33. The first-order chi connectivity index (χ1) is 9.96. The van der Waals surface area contributed by atoms with E-state index in [2.05, 4.69) is 22.0 Å². The number of rotatable bonds is 6. The Morgan fingerprint density at radius 2 is 2.14 bits per heavy atom. The Balaban J connectivity index is 1.81. The topological polar surface area (TPSA) is 61.6 Å². The van der Waals surface area contributed by atoms with E-state index in [0.29, 0.717) is 6.04 Å². The molecule has 0 radical (unpaired) electrons. The fraction of sp³-hybridized carbons (Fsp3) is 0.938. The van der Waals surface area contributed by atoms with Crippen LogP contribution in [0.1, 0.15) is 46.0 Å². The molecule has 3 unspecified atom stereocenters. The van der Waals surface area contributed by atoms with Crippen LogP contribution >= 0.6 is 0 Å². The summed E-state index contributed by atoms with van der Waals surface area (Å²) in [5.74, 6) is -0.254. The Labute approximate surface area is 129 Å². The summed E-state index contributed by atoms with van der Waals surface area (Å²) in [5.41, 5.74) is 4.92. The molecule has 5 heteroatoms. The maximum atomic E-state index is 11.5. The number of fused-ring (bicyclic) bond motifs is 1. The van der Waals surface area contributed by atoms with Crippen molar-refractivity contribution >= 4 is 5.91 Å². The van der Waals surface area contributed by atoms with E-state index in [0.717, 1.165) is 25.4 Å². The first-order valence-electron chi connectivity index (χ1n) is 8.43. The second-order valence-electron chi connectivity index (χ2n) is 7.04. The molecule has 0 aromatic rings. The average molecular weight is 296 g/mol. The van der Waals surface area contributed by atoms with Gasteiger partial charge in [-0.3, -0.25) is 14.6 Å². The number of nitrogens with one attached hydrogen (secondary N) is 1. The summed E-state index contributed by atoms with van der Waals surface area (Å²) in [6.45, 7) is 8.96. The van der Waals surface area contributed by atoms with Crippen LogP contribution in [0.15, 0.2) is 0 Å². The summed E-state index contributed by atoms with van der Waals surface area (Å²) in [7, 11) is 1.81. The highest BCUT2D eigenvalue weighted by atomic mass is 16.1. The predicted octanol–water partition coefficient (Wildman–Crippen LogP) is 0.789. The second kappa shape index (κ2) is 7.07. The molecule has 2 aliphatic heterocycles. The van der Waals surface area contributed by atoms with Crippen LogP contribution in [-0.4, -0.2) is 66.6 Å². The fourth-order valence-corrected chi connectivity index (χ4v) is 3.73. The van der Waals surface area contributed by atoms with Gasteiger partial charge in [-0.1, -0.05) is 6.42 Å². The van der Waals surface area contributed by atoms with Crippen LogP contribution in [0.25, 0.3) is 0 Å². The lowest BCUT2D eigenvalue weighted by molar-refractivity contribution is -0.124. The van der Waals surface area contributed by atoms with Crippen LogP contribution in [-0.2, 0) is 4.79 Å². The van der Waals surface area contributed by atoms with E-state index in [-0.39, 0.29) is 5.91 Å². The summed E-state index contributed by atoms with van der Waals surface area (Å²) in [6, 6.07) is 1.37. The number of carbonyl (C=O) groups excluding carboxylic acids is 1. The molecule has 1 amide bonds. The van der Waals surface area contributed by atoms with Crippen molar-refractivity contribution < 1.29 is 4.79 Å². The van der Waals surface area contributed by atoms with E-state index < -0.39 is 5.54 Å². The smallest absolute Gasteiger partial charge is 0.237 e. The van der Waals surface area contributed by atoms with E-state index in [1.807, 2.05) is 14.0 Å². The minimum Gasteiger partial charge on any atom is -0.368 e. The molecule has 0 spiro atoms. The molecule has 0 bridgehead atoms. The van der Waals surface area contributed by atoms with Gasteiger partial charge in [-0.2, -0.15) is 0 Å². The SMILES string of the molecule is CNC(C)(CCCN1CC2CCCCN2CC1C)C(N)=O. The number of hydrogen-bond donors (Lipinski definition) is 2. The largest absolute Gasteiger partial charge is 0.368 e. The molecule has 122 valence electrons. The molecule has 21 heavy (non-hydrogen) atoms. The number of amides is 1. The third kappa shape index (κ3) is 3.96. The quantitative estimate of drug-likeness (QED) is 0.761. The molecule has 0 aliphatic carbocycles. The summed E-state index contributed by atoms with van der Waals surface area (Å²) < 4.78 is 0. The van der Waals surface area contributed by atoms with Gasteiger partial charge in [-0.05, 0) is 59.7 Å². The molecule has 2 fully saturated rings. The zero-order valence-corrected chi connectivity index (χ0v) is 13.9. The monoisotopic (exact) mass is 296 g/mol. The van der Waals surface area contributed by atoms with Gasteiger partial charge in [0.05, 0.1) is 5.54 Å². The average Bonchev–Trinajstić information content (AvgIpc) is 2.47. The van der Waals surface area contributed by atoms with Crippen LogP contribution in [0.4, 0.5) is 0 Å². The second-order valence-corrected chi connectivity index (χ2v) is 7.04. The Bertz CT molecular complexity index is 362. The van der Waals surface area contributed by atoms with E-state index in [1.165, 1.54) is 38.9 Å².